The van der Waals surface area contributed by atoms with Crippen LogP contribution in [0.3, 0.4) is 0 Å². The number of fused-ring (bicyclic) bond motifs is 2. The van der Waals surface area contributed by atoms with Gasteiger partial charge in [0.2, 0.25) is 0 Å². The van der Waals surface area contributed by atoms with E-state index in [1.54, 1.807) is 0 Å². The van der Waals surface area contributed by atoms with Gasteiger partial charge in [0.25, 0.3) is 0 Å². The normalized spacial score (nSPS) is 17.8. The Kier molecular flexibility index (Phi) is 4.07. The Morgan fingerprint density at radius 2 is 0.889 bits per heavy atom. The summed E-state index contributed by atoms with van der Waals surface area (Å²) in [6.07, 6.45) is 0. The fourth-order valence-corrected chi connectivity index (χ4v) is 4.62. The predicted octanol–water partition coefficient (Wildman–Crippen LogP) is 7.01. The maximum Gasteiger partial charge on any atom is 0.0409 e. The van der Waals surface area contributed by atoms with Gasteiger partial charge in [0, 0.05) is 16.9 Å². The summed E-state index contributed by atoms with van der Waals surface area (Å²) in [6.45, 7) is 0. The molecule has 1 aliphatic carbocycles. The van der Waals surface area contributed by atoms with Gasteiger partial charge in [-0.3, -0.25) is 0 Å². The zero-order chi connectivity index (χ0) is 18.2. The first-order valence-electron chi connectivity index (χ1n) is 9.31. The summed E-state index contributed by atoms with van der Waals surface area (Å²) in [6, 6.07) is 36.7. The largest absolute Gasteiger partial charge is 0.0843 e. The second-order valence-corrected chi connectivity index (χ2v) is 7.53. The van der Waals surface area contributed by atoms with Crippen LogP contribution in [0.1, 0.15) is 45.2 Å². The third-order valence-corrected chi connectivity index (χ3v) is 5.79. The van der Waals surface area contributed by atoms with Crippen molar-refractivity contribution in [3.8, 4) is 0 Å². The fourth-order valence-electron chi connectivity index (χ4n) is 4.44. The molecule has 0 radical (unpaired) electrons. The number of benzene rings is 4. The van der Waals surface area contributed by atoms with Gasteiger partial charge in [-0.1, -0.05) is 103 Å². The molecule has 0 aliphatic heterocycles. The van der Waals surface area contributed by atoms with Gasteiger partial charge in [-0.25, -0.2) is 0 Å². The van der Waals surface area contributed by atoms with E-state index in [2.05, 4.69) is 97.1 Å². The van der Waals surface area contributed by atoms with Crippen molar-refractivity contribution in [2.45, 2.75) is 11.8 Å². The molecule has 0 saturated carbocycles. The SMILES string of the molecule is Clc1ccc2c(c1)C(c1ccccc1)c1ccccc1C2c1ccccc1. The molecule has 27 heavy (non-hydrogen) atoms. The van der Waals surface area contributed by atoms with E-state index in [0.29, 0.717) is 0 Å². The lowest BCUT2D eigenvalue weighted by molar-refractivity contribution is 0.822. The number of halogens is 1. The topological polar surface area (TPSA) is 0 Å². The van der Waals surface area contributed by atoms with Gasteiger partial charge in [0.05, 0.1) is 0 Å². The van der Waals surface area contributed by atoms with Crippen molar-refractivity contribution < 1.29 is 0 Å². The molecule has 0 fully saturated rings. The molecule has 4 aromatic rings. The van der Waals surface area contributed by atoms with E-state index < -0.39 is 0 Å². The van der Waals surface area contributed by atoms with E-state index in [-0.39, 0.29) is 11.8 Å². The summed E-state index contributed by atoms with van der Waals surface area (Å²) in [5.41, 5.74) is 8.03. The Morgan fingerprint density at radius 3 is 1.44 bits per heavy atom. The van der Waals surface area contributed by atoms with Crippen LogP contribution in [0, 0.1) is 0 Å². The minimum Gasteiger partial charge on any atom is -0.0843 e. The van der Waals surface area contributed by atoms with Crippen LogP contribution in [0.4, 0.5) is 0 Å². The van der Waals surface area contributed by atoms with E-state index >= 15 is 0 Å². The van der Waals surface area contributed by atoms with Crippen LogP contribution in [0.5, 0.6) is 0 Å². The zero-order valence-corrected chi connectivity index (χ0v) is 15.6. The monoisotopic (exact) mass is 366 g/mol. The van der Waals surface area contributed by atoms with Crippen LogP contribution in [0.25, 0.3) is 0 Å². The molecule has 2 atom stereocenters. The standard InChI is InChI=1S/C26H19Cl/c27-20-15-16-23-24(17-20)26(19-11-5-2-6-12-19)22-14-8-7-13-21(22)25(23)18-9-3-1-4-10-18/h1-17,25-26H. The lowest BCUT2D eigenvalue weighted by Gasteiger charge is -2.35. The summed E-state index contributed by atoms with van der Waals surface area (Å²) in [7, 11) is 0. The first-order valence-corrected chi connectivity index (χ1v) is 9.69. The third kappa shape index (κ3) is 2.78. The average Bonchev–Trinajstić information content (AvgIpc) is 2.73. The van der Waals surface area contributed by atoms with Gasteiger partial charge < -0.3 is 0 Å². The highest BCUT2D eigenvalue weighted by molar-refractivity contribution is 6.30. The molecular formula is C26H19Cl. The number of hydrogen-bond donors (Lipinski definition) is 0. The molecule has 5 rings (SSSR count). The summed E-state index contributed by atoms with van der Waals surface area (Å²) in [4.78, 5) is 0. The van der Waals surface area contributed by atoms with Crippen molar-refractivity contribution in [3.05, 3.63) is 142 Å². The van der Waals surface area contributed by atoms with Gasteiger partial charge in [0.1, 0.15) is 0 Å². The Labute approximate surface area is 165 Å². The first kappa shape index (κ1) is 16.4. The van der Waals surface area contributed by atoms with Gasteiger partial charge in [0.15, 0.2) is 0 Å². The van der Waals surface area contributed by atoms with Crippen molar-refractivity contribution in [2.24, 2.45) is 0 Å². The molecule has 2 unspecified atom stereocenters. The van der Waals surface area contributed by atoms with Crippen molar-refractivity contribution in [1.82, 2.24) is 0 Å². The van der Waals surface area contributed by atoms with Crippen LogP contribution in [0.2, 0.25) is 5.02 Å². The molecule has 0 saturated heterocycles. The highest BCUT2D eigenvalue weighted by Crippen LogP contribution is 2.49. The Hall–Kier alpha value is -2.83. The lowest BCUT2D eigenvalue weighted by atomic mass is 9.68. The van der Waals surface area contributed by atoms with Gasteiger partial charge in [-0.05, 0) is 45.5 Å². The van der Waals surface area contributed by atoms with Crippen LogP contribution < -0.4 is 0 Å². The molecular weight excluding hydrogens is 348 g/mol. The molecule has 0 heterocycles. The third-order valence-electron chi connectivity index (χ3n) is 5.55. The summed E-state index contributed by atoms with van der Waals surface area (Å²) >= 11 is 6.45. The molecule has 0 spiro atoms. The molecule has 0 aromatic heterocycles. The fraction of sp³-hybridized carbons (Fsp3) is 0.0769. The highest BCUT2D eigenvalue weighted by Gasteiger charge is 2.33. The molecule has 1 heteroatoms. The molecule has 0 N–H and O–H groups in total. The maximum atomic E-state index is 6.45. The zero-order valence-electron chi connectivity index (χ0n) is 14.8. The minimum atomic E-state index is 0.205. The van der Waals surface area contributed by atoms with Crippen LogP contribution in [-0.2, 0) is 0 Å². The van der Waals surface area contributed by atoms with Crippen LogP contribution >= 0.6 is 11.6 Å². The van der Waals surface area contributed by atoms with E-state index in [1.165, 1.54) is 33.4 Å². The average molecular weight is 367 g/mol. The quantitative estimate of drug-likeness (QED) is 0.315. The van der Waals surface area contributed by atoms with E-state index in [0.717, 1.165) is 5.02 Å². The van der Waals surface area contributed by atoms with Crippen molar-refractivity contribution in [2.75, 3.05) is 0 Å². The highest BCUT2D eigenvalue weighted by atomic mass is 35.5. The second-order valence-electron chi connectivity index (χ2n) is 7.09. The first-order chi connectivity index (χ1) is 13.3. The van der Waals surface area contributed by atoms with E-state index in [4.69, 9.17) is 11.6 Å². The lowest BCUT2D eigenvalue weighted by Crippen LogP contribution is -2.20. The maximum absolute atomic E-state index is 6.45. The predicted molar refractivity (Wildman–Crippen MR) is 113 cm³/mol. The van der Waals surface area contributed by atoms with Gasteiger partial charge in [-0.15, -0.1) is 0 Å². The second kappa shape index (κ2) is 6.72. The Balaban J connectivity index is 1.82. The molecule has 0 nitrogen and oxygen atoms in total. The van der Waals surface area contributed by atoms with Crippen molar-refractivity contribution in [3.63, 3.8) is 0 Å². The van der Waals surface area contributed by atoms with Crippen molar-refractivity contribution in [1.29, 1.82) is 0 Å². The smallest absolute Gasteiger partial charge is 0.0409 e. The summed E-state index contributed by atoms with van der Waals surface area (Å²) < 4.78 is 0. The molecule has 130 valence electrons. The van der Waals surface area contributed by atoms with Gasteiger partial charge in [-0.2, -0.15) is 0 Å². The van der Waals surface area contributed by atoms with Crippen molar-refractivity contribution >= 4 is 11.6 Å². The molecule has 4 aromatic carbocycles. The number of hydrogen-bond acceptors (Lipinski definition) is 0. The summed E-state index contributed by atoms with van der Waals surface area (Å²) in [5, 5.41) is 0.792. The Bertz CT molecular complexity index is 1080. The van der Waals surface area contributed by atoms with Crippen LogP contribution in [0.15, 0.2) is 103 Å². The summed E-state index contributed by atoms with van der Waals surface area (Å²) in [5.74, 6) is 0.436. The Morgan fingerprint density at radius 1 is 0.444 bits per heavy atom. The van der Waals surface area contributed by atoms with Crippen LogP contribution in [-0.4, -0.2) is 0 Å². The molecule has 0 bridgehead atoms. The molecule has 0 amide bonds. The molecule has 1 aliphatic rings. The van der Waals surface area contributed by atoms with Gasteiger partial charge >= 0.3 is 0 Å². The minimum absolute atomic E-state index is 0.205. The number of rotatable bonds is 2. The van der Waals surface area contributed by atoms with E-state index in [9.17, 15) is 0 Å². The van der Waals surface area contributed by atoms with E-state index in [1.807, 2.05) is 6.07 Å².